The van der Waals surface area contributed by atoms with Gasteiger partial charge >= 0.3 is 0 Å². The maximum absolute atomic E-state index is 4.33. The number of rotatable bonds is 7. The van der Waals surface area contributed by atoms with E-state index in [0.29, 0.717) is 0 Å². The molecule has 0 radical (unpaired) electrons. The summed E-state index contributed by atoms with van der Waals surface area (Å²) in [6.07, 6.45) is 9.64. The Balaban J connectivity index is 0.00000288. The Kier molecular flexibility index (Phi) is 11.0. The summed E-state index contributed by atoms with van der Waals surface area (Å²) in [4.78, 5) is 11.1. The van der Waals surface area contributed by atoms with Gasteiger partial charge in [-0.05, 0) is 32.0 Å². The number of nitrogens with one attached hydrogen (secondary N) is 2. The minimum atomic E-state index is 0. The third-order valence-corrected chi connectivity index (χ3v) is 4.58. The molecule has 0 atom stereocenters. The monoisotopic (exact) mass is 445 g/mol. The molecule has 136 valence electrons. The van der Waals surface area contributed by atoms with Crippen molar-refractivity contribution in [2.75, 3.05) is 33.7 Å². The van der Waals surface area contributed by atoms with Gasteiger partial charge in [-0.1, -0.05) is 25.3 Å². The molecular weight excluding hydrogens is 413 g/mol. The quantitative estimate of drug-likeness (QED) is 0.385. The van der Waals surface area contributed by atoms with Crippen LogP contribution in [-0.4, -0.2) is 55.6 Å². The summed E-state index contributed by atoms with van der Waals surface area (Å²) in [5, 5.41) is 6.75. The van der Waals surface area contributed by atoms with Gasteiger partial charge in [0, 0.05) is 51.0 Å². The van der Waals surface area contributed by atoms with Crippen LogP contribution < -0.4 is 10.6 Å². The Bertz CT molecular complexity index is 460. The van der Waals surface area contributed by atoms with Crippen LogP contribution in [0.5, 0.6) is 0 Å². The number of hydrogen-bond acceptors (Lipinski definition) is 3. The van der Waals surface area contributed by atoms with Gasteiger partial charge < -0.3 is 15.5 Å². The average Bonchev–Trinajstić information content (AvgIpc) is 2.62. The molecule has 1 fully saturated rings. The van der Waals surface area contributed by atoms with Crippen molar-refractivity contribution in [2.45, 2.75) is 44.6 Å². The number of nitrogens with zero attached hydrogens (tertiary/aromatic N) is 3. The number of likely N-dealkylation sites (N-methyl/N-ethyl adjacent to an activating group) is 1. The molecule has 2 rings (SSSR count). The molecule has 6 heteroatoms. The van der Waals surface area contributed by atoms with Crippen molar-refractivity contribution in [3.63, 3.8) is 0 Å². The van der Waals surface area contributed by atoms with Crippen molar-refractivity contribution in [1.82, 2.24) is 20.5 Å². The van der Waals surface area contributed by atoms with Gasteiger partial charge in [0.1, 0.15) is 0 Å². The first-order chi connectivity index (χ1) is 11.3. The molecule has 0 bridgehead atoms. The highest BCUT2D eigenvalue weighted by molar-refractivity contribution is 14.0. The molecule has 1 aromatic rings. The average molecular weight is 445 g/mol. The van der Waals surface area contributed by atoms with Crippen molar-refractivity contribution >= 4 is 29.9 Å². The number of pyridine rings is 1. The van der Waals surface area contributed by atoms with Crippen LogP contribution in [0.25, 0.3) is 0 Å². The molecule has 1 heterocycles. The minimum absolute atomic E-state index is 0. The van der Waals surface area contributed by atoms with E-state index in [4.69, 9.17) is 0 Å². The van der Waals surface area contributed by atoms with E-state index in [9.17, 15) is 0 Å². The number of guanidine groups is 1. The summed E-state index contributed by atoms with van der Waals surface area (Å²) in [6, 6.07) is 6.79. The maximum Gasteiger partial charge on any atom is 0.191 e. The fourth-order valence-corrected chi connectivity index (χ4v) is 3.13. The highest BCUT2D eigenvalue weighted by Crippen LogP contribution is 2.21. The summed E-state index contributed by atoms with van der Waals surface area (Å²) >= 11 is 0. The topological polar surface area (TPSA) is 52.6 Å². The second kappa shape index (κ2) is 12.5. The van der Waals surface area contributed by atoms with E-state index >= 15 is 0 Å². The highest BCUT2D eigenvalue weighted by Gasteiger charge is 2.17. The molecular formula is C18H32IN5. The largest absolute Gasteiger partial charge is 0.356 e. The van der Waals surface area contributed by atoms with Crippen molar-refractivity contribution in [3.05, 3.63) is 30.1 Å². The van der Waals surface area contributed by atoms with Crippen LogP contribution in [0, 0.1) is 0 Å². The lowest BCUT2D eigenvalue weighted by Gasteiger charge is -2.31. The van der Waals surface area contributed by atoms with Crippen molar-refractivity contribution in [2.24, 2.45) is 4.99 Å². The van der Waals surface area contributed by atoms with Crippen LogP contribution in [-0.2, 0) is 6.42 Å². The highest BCUT2D eigenvalue weighted by atomic mass is 127. The van der Waals surface area contributed by atoms with Crippen LogP contribution >= 0.6 is 24.0 Å². The Labute approximate surface area is 163 Å². The summed E-state index contributed by atoms with van der Waals surface area (Å²) in [5.74, 6) is 0.873. The van der Waals surface area contributed by atoms with Gasteiger partial charge in [-0.15, -0.1) is 24.0 Å². The van der Waals surface area contributed by atoms with Crippen LogP contribution in [0.3, 0.4) is 0 Å². The van der Waals surface area contributed by atoms with Crippen LogP contribution in [0.15, 0.2) is 29.4 Å². The molecule has 5 nitrogen and oxygen atoms in total. The molecule has 0 spiro atoms. The van der Waals surface area contributed by atoms with E-state index in [-0.39, 0.29) is 24.0 Å². The molecule has 0 aromatic carbocycles. The standard InChI is InChI=1S/C18H31N5.HI/c1-19-18(21-13-11-16-8-6-7-12-20-16)22-14-15-23(2)17-9-4-3-5-10-17;/h6-8,12,17H,3-5,9-11,13-15H2,1-2H3,(H2,19,21,22);1H. The summed E-state index contributed by atoms with van der Waals surface area (Å²) in [5.41, 5.74) is 1.10. The Morgan fingerprint density at radius 2 is 1.96 bits per heavy atom. The molecule has 0 aliphatic heterocycles. The molecule has 0 unspecified atom stereocenters. The van der Waals surface area contributed by atoms with Gasteiger partial charge in [0.05, 0.1) is 0 Å². The third-order valence-electron chi connectivity index (χ3n) is 4.58. The lowest BCUT2D eigenvalue weighted by molar-refractivity contribution is 0.194. The van der Waals surface area contributed by atoms with Crippen molar-refractivity contribution < 1.29 is 0 Å². The lowest BCUT2D eigenvalue weighted by Crippen LogP contribution is -2.43. The fourth-order valence-electron chi connectivity index (χ4n) is 3.13. The van der Waals surface area contributed by atoms with Gasteiger partial charge in [-0.25, -0.2) is 0 Å². The third kappa shape index (κ3) is 7.79. The van der Waals surface area contributed by atoms with Crippen molar-refractivity contribution in [3.8, 4) is 0 Å². The molecule has 24 heavy (non-hydrogen) atoms. The minimum Gasteiger partial charge on any atom is -0.356 e. The molecule has 1 aliphatic carbocycles. The molecule has 1 aromatic heterocycles. The van der Waals surface area contributed by atoms with Crippen LogP contribution in [0.2, 0.25) is 0 Å². The van der Waals surface area contributed by atoms with Gasteiger partial charge in [0.25, 0.3) is 0 Å². The summed E-state index contributed by atoms with van der Waals surface area (Å²) in [7, 11) is 4.07. The van der Waals surface area contributed by atoms with Gasteiger partial charge in [-0.3, -0.25) is 9.98 Å². The number of aromatic nitrogens is 1. The number of hydrogen-bond donors (Lipinski definition) is 2. The molecule has 0 saturated heterocycles. The Morgan fingerprint density at radius 3 is 2.62 bits per heavy atom. The summed E-state index contributed by atoms with van der Waals surface area (Å²) < 4.78 is 0. The second-order valence-electron chi connectivity index (χ2n) is 6.27. The van der Waals surface area contributed by atoms with Gasteiger partial charge in [0.15, 0.2) is 5.96 Å². The van der Waals surface area contributed by atoms with Crippen molar-refractivity contribution in [1.29, 1.82) is 0 Å². The Hall–Kier alpha value is -0.890. The van der Waals surface area contributed by atoms with E-state index in [0.717, 1.165) is 43.8 Å². The molecule has 1 aliphatic rings. The molecule has 1 saturated carbocycles. The Morgan fingerprint density at radius 1 is 1.21 bits per heavy atom. The first-order valence-corrected chi connectivity index (χ1v) is 8.84. The van der Waals surface area contributed by atoms with E-state index in [1.165, 1.54) is 32.1 Å². The van der Waals surface area contributed by atoms with E-state index < -0.39 is 0 Å². The van der Waals surface area contributed by atoms with Crippen LogP contribution in [0.4, 0.5) is 0 Å². The number of aliphatic imine (C=N–C) groups is 1. The fraction of sp³-hybridized carbons (Fsp3) is 0.667. The van der Waals surface area contributed by atoms with Gasteiger partial charge in [0.2, 0.25) is 0 Å². The molecule has 2 N–H and O–H groups in total. The predicted octanol–water partition coefficient (Wildman–Crippen LogP) is 2.67. The normalized spacial score (nSPS) is 15.9. The first kappa shape index (κ1) is 21.2. The van der Waals surface area contributed by atoms with Gasteiger partial charge in [-0.2, -0.15) is 0 Å². The van der Waals surface area contributed by atoms with E-state index in [1.54, 1.807) is 0 Å². The van der Waals surface area contributed by atoms with Crippen LogP contribution in [0.1, 0.15) is 37.8 Å². The second-order valence-corrected chi connectivity index (χ2v) is 6.27. The zero-order chi connectivity index (χ0) is 16.3. The molecule has 0 amide bonds. The van der Waals surface area contributed by atoms with E-state index in [1.807, 2.05) is 25.4 Å². The SMILES string of the molecule is CN=C(NCCc1ccccn1)NCCN(C)C1CCCCC1.I. The number of halogens is 1. The zero-order valence-electron chi connectivity index (χ0n) is 15.0. The van der Waals surface area contributed by atoms with E-state index in [2.05, 4.69) is 38.6 Å². The first-order valence-electron chi connectivity index (χ1n) is 8.84. The summed E-state index contributed by atoms with van der Waals surface area (Å²) in [6.45, 7) is 2.83. The maximum atomic E-state index is 4.33. The lowest BCUT2D eigenvalue weighted by atomic mass is 9.94. The predicted molar refractivity (Wildman–Crippen MR) is 112 cm³/mol. The zero-order valence-corrected chi connectivity index (χ0v) is 17.3. The smallest absolute Gasteiger partial charge is 0.191 e.